The third-order valence-electron chi connectivity index (χ3n) is 3.29. The summed E-state index contributed by atoms with van der Waals surface area (Å²) in [6, 6.07) is 16.2. The number of rotatable bonds is 6. The molecule has 3 nitrogen and oxygen atoms in total. The molecule has 0 unspecified atom stereocenters. The topological polar surface area (TPSA) is 38.3 Å². The molecule has 21 heavy (non-hydrogen) atoms. The molecule has 4 heteroatoms. The molecule has 0 aliphatic carbocycles. The summed E-state index contributed by atoms with van der Waals surface area (Å²) in [5, 5.41) is 3.47. The summed E-state index contributed by atoms with van der Waals surface area (Å²) in [7, 11) is 0.857. The molecule has 0 aliphatic rings. The molecule has 0 saturated heterocycles. The van der Waals surface area contributed by atoms with E-state index in [0.717, 1.165) is 22.6 Å². The summed E-state index contributed by atoms with van der Waals surface area (Å²) in [4.78, 5) is 0. The van der Waals surface area contributed by atoms with E-state index < -0.39 is 10.8 Å². The van der Waals surface area contributed by atoms with Crippen molar-refractivity contribution >= 4 is 16.5 Å². The molecule has 0 aromatic heterocycles. The minimum Gasteiger partial charge on any atom is -0.496 e. The van der Waals surface area contributed by atoms with Crippen LogP contribution < -0.4 is 10.1 Å². The predicted molar refractivity (Wildman–Crippen MR) is 89.2 cm³/mol. The predicted octanol–water partition coefficient (Wildman–Crippen LogP) is 3.75. The van der Waals surface area contributed by atoms with Crippen LogP contribution in [0.5, 0.6) is 5.75 Å². The summed E-state index contributed by atoms with van der Waals surface area (Å²) < 4.78 is 16.7. The zero-order valence-corrected chi connectivity index (χ0v) is 13.4. The molecule has 2 aromatic carbocycles. The van der Waals surface area contributed by atoms with Gasteiger partial charge in [-0.2, -0.15) is 0 Å². The highest BCUT2D eigenvalue weighted by molar-refractivity contribution is 7.83. The molecule has 0 amide bonds. The molecule has 112 valence electrons. The van der Waals surface area contributed by atoms with Crippen molar-refractivity contribution in [3.8, 4) is 5.75 Å². The van der Waals surface area contributed by atoms with Crippen molar-refractivity contribution in [1.82, 2.24) is 0 Å². The van der Waals surface area contributed by atoms with Crippen LogP contribution in [0, 0.1) is 0 Å². The smallest absolute Gasteiger partial charge is 0.124 e. The van der Waals surface area contributed by atoms with Crippen molar-refractivity contribution in [2.75, 3.05) is 18.7 Å². The molecule has 0 bridgehead atoms. The average Bonchev–Trinajstić information content (AvgIpc) is 2.46. The summed E-state index contributed by atoms with van der Waals surface area (Å²) in [5.74, 6) is 1.46. The van der Waals surface area contributed by atoms with Gasteiger partial charge >= 0.3 is 0 Å². The van der Waals surface area contributed by atoms with Crippen LogP contribution in [-0.2, 0) is 16.6 Å². The van der Waals surface area contributed by atoms with Gasteiger partial charge in [0, 0.05) is 34.1 Å². The summed E-state index contributed by atoms with van der Waals surface area (Å²) in [6.45, 7) is 2.10. The van der Waals surface area contributed by atoms with E-state index in [2.05, 4.69) is 18.3 Å². The van der Waals surface area contributed by atoms with Crippen molar-refractivity contribution in [2.24, 2.45) is 0 Å². The SMILES string of the molecule is COc1ccccc1[C@H](C)Nc1cccc(C[S@@](C)=O)c1. The standard InChI is InChI=1S/C17H21NO2S/c1-13(16-9-4-5-10-17(16)20-2)18-15-8-6-7-14(11-15)12-21(3)19/h4-11,13,18H,12H2,1-3H3/t13-,21+/m0/s1. The van der Waals surface area contributed by atoms with E-state index in [4.69, 9.17) is 4.74 Å². The van der Waals surface area contributed by atoms with Crippen LogP contribution in [0.1, 0.15) is 24.1 Å². The van der Waals surface area contributed by atoms with Gasteiger partial charge in [-0.3, -0.25) is 4.21 Å². The molecule has 0 aliphatic heterocycles. The van der Waals surface area contributed by atoms with Crippen molar-refractivity contribution < 1.29 is 8.95 Å². The molecule has 2 aromatic rings. The van der Waals surface area contributed by atoms with Gasteiger partial charge in [0.2, 0.25) is 0 Å². The molecular weight excluding hydrogens is 282 g/mol. The van der Waals surface area contributed by atoms with E-state index in [9.17, 15) is 4.21 Å². The minimum atomic E-state index is -0.826. The maximum Gasteiger partial charge on any atom is 0.124 e. The average molecular weight is 303 g/mol. The van der Waals surface area contributed by atoms with Crippen LogP contribution in [0.3, 0.4) is 0 Å². The Labute approximate surface area is 128 Å². The fraction of sp³-hybridized carbons (Fsp3) is 0.294. The van der Waals surface area contributed by atoms with Gasteiger partial charge in [-0.15, -0.1) is 0 Å². The number of nitrogens with one attached hydrogen (secondary N) is 1. The molecule has 1 N–H and O–H groups in total. The molecule has 2 atom stereocenters. The Morgan fingerprint density at radius 1 is 1.19 bits per heavy atom. The summed E-state index contributed by atoms with van der Waals surface area (Å²) >= 11 is 0. The second-order valence-electron chi connectivity index (χ2n) is 5.03. The van der Waals surface area contributed by atoms with Gasteiger partial charge in [-0.25, -0.2) is 0 Å². The van der Waals surface area contributed by atoms with E-state index in [1.807, 2.05) is 42.5 Å². The highest BCUT2D eigenvalue weighted by atomic mass is 32.2. The maximum absolute atomic E-state index is 11.3. The number of para-hydroxylation sites is 1. The monoisotopic (exact) mass is 303 g/mol. The normalized spacial score (nSPS) is 13.5. The van der Waals surface area contributed by atoms with Crippen molar-refractivity contribution in [3.05, 3.63) is 59.7 Å². The lowest BCUT2D eigenvalue weighted by Crippen LogP contribution is -2.08. The zero-order chi connectivity index (χ0) is 15.2. The number of methoxy groups -OCH3 is 1. The van der Waals surface area contributed by atoms with Gasteiger partial charge in [-0.1, -0.05) is 30.3 Å². The van der Waals surface area contributed by atoms with Gasteiger partial charge in [0.15, 0.2) is 0 Å². The zero-order valence-electron chi connectivity index (χ0n) is 12.6. The molecule has 0 spiro atoms. The molecule has 0 saturated carbocycles. The Morgan fingerprint density at radius 2 is 1.95 bits per heavy atom. The largest absolute Gasteiger partial charge is 0.496 e. The Morgan fingerprint density at radius 3 is 2.67 bits per heavy atom. The third-order valence-corrected chi connectivity index (χ3v) is 4.03. The second kappa shape index (κ2) is 7.27. The first-order chi connectivity index (χ1) is 10.1. The van der Waals surface area contributed by atoms with Crippen LogP contribution in [-0.4, -0.2) is 17.6 Å². The lowest BCUT2D eigenvalue weighted by atomic mass is 10.1. The fourth-order valence-corrected chi connectivity index (χ4v) is 2.99. The third kappa shape index (κ3) is 4.33. The van der Waals surface area contributed by atoms with Gasteiger partial charge in [0.05, 0.1) is 13.2 Å². The molecule has 0 fully saturated rings. The van der Waals surface area contributed by atoms with Crippen molar-refractivity contribution in [1.29, 1.82) is 0 Å². The van der Waals surface area contributed by atoms with Gasteiger partial charge in [0.1, 0.15) is 5.75 Å². The molecule has 0 radical (unpaired) electrons. The van der Waals surface area contributed by atoms with E-state index in [1.54, 1.807) is 13.4 Å². The van der Waals surface area contributed by atoms with Crippen LogP contribution in [0.2, 0.25) is 0 Å². The number of hydrogen-bond donors (Lipinski definition) is 1. The van der Waals surface area contributed by atoms with Gasteiger partial charge in [0.25, 0.3) is 0 Å². The van der Waals surface area contributed by atoms with E-state index in [0.29, 0.717) is 5.75 Å². The minimum absolute atomic E-state index is 0.128. The Balaban J connectivity index is 2.15. The fourth-order valence-electron chi connectivity index (χ4n) is 2.34. The summed E-state index contributed by atoms with van der Waals surface area (Å²) in [5.41, 5.74) is 3.22. The Bertz CT molecular complexity index is 628. The van der Waals surface area contributed by atoms with E-state index in [-0.39, 0.29) is 6.04 Å². The number of benzene rings is 2. The lowest BCUT2D eigenvalue weighted by molar-refractivity contribution is 0.408. The molecule has 2 rings (SSSR count). The number of anilines is 1. The Kier molecular flexibility index (Phi) is 5.39. The van der Waals surface area contributed by atoms with E-state index >= 15 is 0 Å². The first-order valence-electron chi connectivity index (χ1n) is 6.88. The van der Waals surface area contributed by atoms with Gasteiger partial charge in [-0.05, 0) is 30.7 Å². The first kappa shape index (κ1) is 15.6. The van der Waals surface area contributed by atoms with Crippen molar-refractivity contribution in [2.45, 2.75) is 18.7 Å². The molecule has 0 heterocycles. The van der Waals surface area contributed by atoms with Gasteiger partial charge < -0.3 is 10.1 Å². The second-order valence-corrected chi connectivity index (χ2v) is 6.46. The van der Waals surface area contributed by atoms with Crippen LogP contribution in [0.4, 0.5) is 5.69 Å². The quantitative estimate of drug-likeness (QED) is 0.883. The molecular formula is C17H21NO2S. The first-order valence-corrected chi connectivity index (χ1v) is 8.61. The highest BCUT2D eigenvalue weighted by Crippen LogP contribution is 2.27. The lowest BCUT2D eigenvalue weighted by Gasteiger charge is -2.18. The maximum atomic E-state index is 11.3. The summed E-state index contributed by atoms with van der Waals surface area (Å²) in [6.07, 6.45) is 1.72. The number of ether oxygens (including phenoxy) is 1. The van der Waals surface area contributed by atoms with Crippen molar-refractivity contribution in [3.63, 3.8) is 0 Å². The Hall–Kier alpha value is -1.81. The van der Waals surface area contributed by atoms with E-state index in [1.165, 1.54) is 0 Å². The van der Waals surface area contributed by atoms with Crippen LogP contribution in [0.25, 0.3) is 0 Å². The highest BCUT2D eigenvalue weighted by Gasteiger charge is 2.10. The van der Waals surface area contributed by atoms with Crippen LogP contribution >= 0.6 is 0 Å². The number of hydrogen-bond acceptors (Lipinski definition) is 3. The van der Waals surface area contributed by atoms with Crippen LogP contribution in [0.15, 0.2) is 48.5 Å².